The first kappa shape index (κ1) is 15.2. The predicted octanol–water partition coefficient (Wildman–Crippen LogP) is 1.86. The number of hydrogen-bond acceptors (Lipinski definition) is 3. The number of hydrogen-bond donors (Lipinski definition) is 2. The summed E-state index contributed by atoms with van der Waals surface area (Å²) in [5.41, 5.74) is 1.49. The van der Waals surface area contributed by atoms with E-state index < -0.39 is 11.6 Å². The molecule has 1 saturated carbocycles. The molecule has 1 aromatic carbocycles. The molecule has 126 valence electrons. The summed E-state index contributed by atoms with van der Waals surface area (Å²) in [6, 6.07) is 7.70. The molecule has 0 bridgehead atoms. The average Bonchev–Trinajstić information content (AvgIpc) is 3.30. The average molecular weight is 327 g/mol. The Morgan fingerprint density at radius 2 is 2.04 bits per heavy atom. The van der Waals surface area contributed by atoms with Crippen molar-refractivity contribution in [3.05, 3.63) is 35.4 Å². The highest BCUT2D eigenvalue weighted by atomic mass is 16.2. The minimum absolute atomic E-state index is 0.0349. The molecule has 0 unspecified atom stereocenters. The second kappa shape index (κ2) is 5.33. The topological polar surface area (TPSA) is 78.5 Å². The maximum atomic E-state index is 12.7. The summed E-state index contributed by atoms with van der Waals surface area (Å²) >= 11 is 0. The molecule has 4 rings (SSSR count). The van der Waals surface area contributed by atoms with E-state index in [1.807, 2.05) is 24.0 Å². The quantitative estimate of drug-likeness (QED) is 0.829. The van der Waals surface area contributed by atoms with Crippen LogP contribution >= 0.6 is 0 Å². The van der Waals surface area contributed by atoms with Crippen LogP contribution in [-0.4, -0.2) is 28.3 Å². The Kier molecular flexibility index (Phi) is 3.37. The lowest BCUT2D eigenvalue weighted by Crippen LogP contribution is -2.49. The molecule has 2 fully saturated rings. The lowest BCUT2D eigenvalue weighted by molar-refractivity contribution is -0.134. The third-order valence-electron chi connectivity index (χ3n) is 5.61. The van der Waals surface area contributed by atoms with Crippen molar-refractivity contribution in [1.82, 2.24) is 15.5 Å². The highest BCUT2D eigenvalue weighted by molar-refractivity contribution is 6.07. The molecule has 2 aliphatic heterocycles. The maximum absolute atomic E-state index is 12.7. The standard InChI is InChI=1S/C18H21N3O3/c1-11-14-5-3-2-4-12(14)10-21(11)15(22)8-9-18(13-6-7-13)16(23)19-17(24)20-18/h2-5,11,13H,6-10H2,1H3,(H2,19,20,23,24)/t11-,18+/m1/s1. The summed E-state index contributed by atoms with van der Waals surface area (Å²) in [6.45, 7) is 2.65. The molecule has 3 aliphatic rings. The van der Waals surface area contributed by atoms with Crippen molar-refractivity contribution >= 4 is 17.8 Å². The number of nitrogens with zero attached hydrogens (tertiary/aromatic N) is 1. The lowest BCUT2D eigenvalue weighted by atomic mass is 9.87. The molecule has 0 radical (unpaired) electrons. The van der Waals surface area contributed by atoms with Crippen molar-refractivity contribution in [2.75, 3.05) is 0 Å². The van der Waals surface area contributed by atoms with Crippen LogP contribution in [0.3, 0.4) is 0 Å². The zero-order valence-electron chi connectivity index (χ0n) is 13.7. The second-order valence-electron chi connectivity index (χ2n) is 7.05. The Hall–Kier alpha value is -2.37. The van der Waals surface area contributed by atoms with Gasteiger partial charge in [0, 0.05) is 13.0 Å². The molecule has 1 saturated heterocycles. The predicted molar refractivity (Wildman–Crippen MR) is 86.8 cm³/mol. The van der Waals surface area contributed by atoms with Gasteiger partial charge in [-0.25, -0.2) is 4.79 Å². The second-order valence-corrected chi connectivity index (χ2v) is 7.05. The van der Waals surface area contributed by atoms with Crippen LogP contribution in [0.2, 0.25) is 0 Å². The fourth-order valence-corrected chi connectivity index (χ4v) is 4.07. The van der Waals surface area contributed by atoms with Crippen molar-refractivity contribution in [2.24, 2.45) is 5.92 Å². The molecule has 24 heavy (non-hydrogen) atoms. The monoisotopic (exact) mass is 327 g/mol. The fraction of sp³-hybridized carbons (Fsp3) is 0.500. The van der Waals surface area contributed by atoms with Crippen LogP contribution in [-0.2, 0) is 16.1 Å². The zero-order chi connectivity index (χ0) is 16.9. The van der Waals surface area contributed by atoms with Crippen LogP contribution in [0.15, 0.2) is 24.3 Å². The first-order valence-corrected chi connectivity index (χ1v) is 8.52. The van der Waals surface area contributed by atoms with Crippen LogP contribution in [0.25, 0.3) is 0 Å². The van der Waals surface area contributed by atoms with Crippen molar-refractivity contribution in [2.45, 2.75) is 50.7 Å². The third kappa shape index (κ3) is 2.28. The van der Waals surface area contributed by atoms with E-state index in [0.29, 0.717) is 13.0 Å². The van der Waals surface area contributed by atoms with Gasteiger partial charge in [-0.15, -0.1) is 0 Å². The van der Waals surface area contributed by atoms with E-state index in [0.717, 1.165) is 12.8 Å². The largest absolute Gasteiger partial charge is 0.332 e. The van der Waals surface area contributed by atoms with Crippen LogP contribution < -0.4 is 10.6 Å². The molecule has 2 atom stereocenters. The summed E-state index contributed by atoms with van der Waals surface area (Å²) in [4.78, 5) is 38.4. The minimum Gasteiger partial charge on any atom is -0.332 e. The number of carbonyl (C=O) groups excluding carboxylic acids is 3. The molecule has 6 nitrogen and oxygen atoms in total. The molecule has 0 aromatic heterocycles. The Morgan fingerprint density at radius 3 is 2.67 bits per heavy atom. The number of urea groups is 1. The Bertz CT molecular complexity index is 728. The first-order valence-electron chi connectivity index (χ1n) is 8.52. The van der Waals surface area contributed by atoms with Gasteiger partial charge >= 0.3 is 6.03 Å². The van der Waals surface area contributed by atoms with E-state index in [1.54, 1.807) is 0 Å². The van der Waals surface area contributed by atoms with Crippen molar-refractivity contribution in [3.8, 4) is 0 Å². The Balaban J connectivity index is 1.46. The van der Waals surface area contributed by atoms with Crippen molar-refractivity contribution < 1.29 is 14.4 Å². The summed E-state index contributed by atoms with van der Waals surface area (Å²) in [5, 5.41) is 5.11. The van der Waals surface area contributed by atoms with Crippen molar-refractivity contribution in [3.63, 3.8) is 0 Å². The number of carbonyl (C=O) groups is 3. The smallest absolute Gasteiger partial charge is 0.322 e. The molecule has 2 heterocycles. The van der Waals surface area contributed by atoms with Crippen molar-refractivity contribution in [1.29, 1.82) is 0 Å². The first-order chi connectivity index (χ1) is 11.5. The summed E-state index contributed by atoms with van der Waals surface area (Å²) in [5.74, 6) is -0.0850. The van der Waals surface area contributed by atoms with Gasteiger partial charge in [0.15, 0.2) is 0 Å². The number of imide groups is 1. The third-order valence-corrected chi connectivity index (χ3v) is 5.61. The number of rotatable bonds is 4. The molecule has 4 amide bonds. The van der Waals surface area contributed by atoms with Gasteiger partial charge in [-0.05, 0) is 43.2 Å². The summed E-state index contributed by atoms with van der Waals surface area (Å²) in [7, 11) is 0. The minimum atomic E-state index is -0.886. The molecule has 6 heteroatoms. The van der Waals surface area contributed by atoms with Crippen LogP contribution in [0.1, 0.15) is 49.8 Å². The van der Waals surface area contributed by atoms with E-state index in [2.05, 4.69) is 22.8 Å². The summed E-state index contributed by atoms with van der Waals surface area (Å²) < 4.78 is 0. The Labute approximate surface area is 140 Å². The zero-order valence-corrected chi connectivity index (χ0v) is 13.7. The molecule has 2 N–H and O–H groups in total. The molecule has 1 aliphatic carbocycles. The van der Waals surface area contributed by atoms with Gasteiger partial charge in [0.05, 0.1) is 6.04 Å². The van der Waals surface area contributed by atoms with Crippen LogP contribution in [0.5, 0.6) is 0 Å². The van der Waals surface area contributed by atoms with Gasteiger partial charge in [0.25, 0.3) is 5.91 Å². The number of benzene rings is 1. The van der Waals surface area contributed by atoms with E-state index in [1.165, 1.54) is 11.1 Å². The van der Waals surface area contributed by atoms with Crippen LogP contribution in [0, 0.1) is 5.92 Å². The number of fused-ring (bicyclic) bond motifs is 1. The van der Waals surface area contributed by atoms with Crippen LogP contribution in [0.4, 0.5) is 4.79 Å². The fourth-order valence-electron chi connectivity index (χ4n) is 4.07. The van der Waals surface area contributed by atoms with E-state index in [9.17, 15) is 14.4 Å². The Morgan fingerprint density at radius 1 is 1.29 bits per heavy atom. The van der Waals surface area contributed by atoms with E-state index in [-0.39, 0.29) is 30.2 Å². The molecule has 0 spiro atoms. The highest BCUT2D eigenvalue weighted by Gasteiger charge is 2.55. The van der Waals surface area contributed by atoms with Gasteiger partial charge in [-0.2, -0.15) is 0 Å². The molecular formula is C18H21N3O3. The van der Waals surface area contributed by atoms with E-state index >= 15 is 0 Å². The molecule has 1 aromatic rings. The van der Waals surface area contributed by atoms with Gasteiger partial charge in [-0.3, -0.25) is 14.9 Å². The highest BCUT2D eigenvalue weighted by Crippen LogP contribution is 2.44. The van der Waals surface area contributed by atoms with Gasteiger partial charge < -0.3 is 10.2 Å². The summed E-state index contributed by atoms with van der Waals surface area (Å²) in [6.07, 6.45) is 2.48. The van der Waals surface area contributed by atoms with Gasteiger partial charge in [0.2, 0.25) is 5.91 Å². The molecular weight excluding hydrogens is 306 g/mol. The van der Waals surface area contributed by atoms with Gasteiger partial charge in [-0.1, -0.05) is 24.3 Å². The van der Waals surface area contributed by atoms with Gasteiger partial charge in [0.1, 0.15) is 5.54 Å². The normalized spacial score (nSPS) is 28.5. The SMILES string of the molecule is C[C@@H]1c2ccccc2CN1C(=O)CC[C@@]1(C2CC2)NC(=O)NC1=O. The van der Waals surface area contributed by atoms with E-state index in [4.69, 9.17) is 0 Å². The lowest BCUT2D eigenvalue weighted by Gasteiger charge is -2.28. The number of amides is 4. The number of nitrogens with one attached hydrogen (secondary N) is 2. The maximum Gasteiger partial charge on any atom is 0.322 e.